The molecule has 0 saturated heterocycles. The Morgan fingerprint density at radius 2 is 1.47 bits per heavy atom. The Kier molecular flexibility index (Phi) is 13.6. The standard InChI is InChI=1S/C24H37N5O6S/c1-14(2)11-18(28-21(31)16(25)12-15-7-5-4-6-8-15)22(32)29-19(13-20(26)30)23(33)27-17(24(34)35)9-10-36-3/h4-8,14,16-19H,9-13,25H2,1-3H3,(H2,26,30)(H,27,33)(H,28,31)(H,29,32)(H,34,35). The van der Waals surface area contributed by atoms with E-state index in [0.717, 1.165) is 5.56 Å². The molecule has 0 aromatic heterocycles. The first-order valence-corrected chi connectivity index (χ1v) is 13.0. The monoisotopic (exact) mass is 523 g/mol. The fourth-order valence-electron chi connectivity index (χ4n) is 3.39. The molecule has 36 heavy (non-hydrogen) atoms. The van der Waals surface area contributed by atoms with E-state index in [1.165, 1.54) is 11.8 Å². The van der Waals surface area contributed by atoms with Crippen molar-refractivity contribution in [3.8, 4) is 0 Å². The summed E-state index contributed by atoms with van der Waals surface area (Å²) in [6, 6.07) is 4.63. The van der Waals surface area contributed by atoms with Gasteiger partial charge in [-0.3, -0.25) is 19.2 Å². The third-order valence-electron chi connectivity index (χ3n) is 5.24. The Hall–Kier alpha value is -3.12. The third-order valence-corrected chi connectivity index (χ3v) is 5.88. The average molecular weight is 524 g/mol. The highest BCUT2D eigenvalue weighted by Crippen LogP contribution is 2.09. The van der Waals surface area contributed by atoms with Crippen LogP contribution in [-0.2, 0) is 30.4 Å². The maximum Gasteiger partial charge on any atom is 0.326 e. The van der Waals surface area contributed by atoms with Crippen molar-refractivity contribution < 1.29 is 29.1 Å². The second-order valence-corrected chi connectivity index (χ2v) is 9.89. The fraction of sp³-hybridized carbons (Fsp3) is 0.542. The van der Waals surface area contributed by atoms with Gasteiger partial charge in [0.2, 0.25) is 23.6 Å². The van der Waals surface area contributed by atoms with Gasteiger partial charge in [0.1, 0.15) is 18.1 Å². The summed E-state index contributed by atoms with van der Waals surface area (Å²) in [7, 11) is 0. The summed E-state index contributed by atoms with van der Waals surface area (Å²) in [5.74, 6) is -3.72. The molecule has 4 amide bonds. The molecule has 1 rings (SSSR count). The summed E-state index contributed by atoms with van der Waals surface area (Å²) < 4.78 is 0. The molecule has 0 spiro atoms. The Labute approximate surface area is 215 Å². The van der Waals surface area contributed by atoms with E-state index in [1.807, 2.05) is 44.2 Å². The number of carboxylic acid groups (broad SMARTS) is 1. The lowest BCUT2D eigenvalue weighted by Gasteiger charge is -2.25. The van der Waals surface area contributed by atoms with E-state index in [-0.39, 0.29) is 25.2 Å². The van der Waals surface area contributed by atoms with Crippen LogP contribution < -0.4 is 27.4 Å². The molecule has 0 heterocycles. The van der Waals surface area contributed by atoms with Gasteiger partial charge in [-0.25, -0.2) is 4.79 Å². The number of nitrogens with two attached hydrogens (primary N) is 2. The highest BCUT2D eigenvalue weighted by atomic mass is 32.2. The quantitative estimate of drug-likeness (QED) is 0.171. The van der Waals surface area contributed by atoms with Crippen molar-refractivity contribution in [2.45, 2.75) is 63.7 Å². The van der Waals surface area contributed by atoms with Crippen molar-refractivity contribution in [3.05, 3.63) is 35.9 Å². The minimum atomic E-state index is -1.41. The minimum absolute atomic E-state index is 0.00208. The first-order valence-electron chi connectivity index (χ1n) is 11.6. The van der Waals surface area contributed by atoms with Crippen LogP contribution >= 0.6 is 11.8 Å². The summed E-state index contributed by atoms with van der Waals surface area (Å²) in [4.78, 5) is 61.6. The van der Waals surface area contributed by atoms with Gasteiger partial charge in [-0.05, 0) is 42.8 Å². The van der Waals surface area contributed by atoms with Crippen LogP contribution in [0.1, 0.15) is 38.7 Å². The molecule has 0 saturated carbocycles. The highest BCUT2D eigenvalue weighted by Gasteiger charge is 2.31. The zero-order valence-corrected chi connectivity index (χ0v) is 21.7. The molecule has 4 atom stereocenters. The van der Waals surface area contributed by atoms with Gasteiger partial charge in [-0.15, -0.1) is 0 Å². The van der Waals surface area contributed by atoms with E-state index in [9.17, 15) is 29.1 Å². The van der Waals surface area contributed by atoms with Gasteiger partial charge in [0, 0.05) is 0 Å². The van der Waals surface area contributed by atoms with Crippen molar-refractivity contribution in [2.75, 3.05) is 12.0 Å². The van der Waals surface area contributed by atoms with Crippen LogP contribution in [0.5, 0.6) is 0 Å². The Balaban J connectivity index is 2.95. The van der Waals surface area contributed by atoms with E-state index in [1.54, 1.807) is 6.26 Å². The fourth-order valence-corrected chi connectivity index (χ4v) is 3.86. The van der Waals surface area contributed by atoms with Crippen molar-refractivity contribution in [1.82, 2.24) is 16.0 Å². The smallest absolute Gasteiger partial charge is 0.326 e. The van der Waals surface area contributed by atoms with Gasteiger partial charge in [0.25, 0.3) is 0 Å². The number of hydrogen-bond acceptors (Lipinski definition) is 7. The van der Waals surface area contributed by atoms with Crippen molar-refractivity contribution in [3.63, 3.8) is 0 Å². The normalized spacial score (nSPS) is 14.2. The molecule has 8 N–H and O–H groups in total. The summed E-state index contributed by atoms with van der Waals surface area (Å²) in [6.07, 6.45) is 1.92. The van der Waals surface area contributed by atoms with E-state index in [0.29, 0.717) is 5.75 Å². The second-order valence-electron chi connectivity index (χ2n) is 8.90. The number of hydrogen-bond donors (Lipinski definition) is 6. The van der Waals surface area contributed by atoms with Crippen molar-refractivity contribution in [2.24, 2.45) is 17.4 Å². The largest absolute Gasteiger partial charge is 0.480 e. The van der Waals surface area contributed by atoms with Gasteiger partial charge < -0.3 is 32.5 Å². The van der Waals surface area contributed by atoms with Crippen molar-refractivity contribution >= 4 is 41.4 Å². The van der Waals surface area contributed by atoms with Gasteiger partial charge in [-0.1, -0.05) is 44.2 Å². The van der Waals surface area contributed by atoms with Gasteiger partial charge in [-0.2, -0.15) is 11.8 Å². The van der Waals surface area contributed by atoms with Crippen LogP contribution in [0.15, 0.2) is 30.3 Å². The zero-order chi connectivity index (χ0) is 27.3. The molecular weight excluding hydrogens is 486 g/mol. The molecule has 0 aliphatic rings. The summed E-state index contributed by atoms with van der Waals surface area (Å²) in [5.41, 5.74) is 12.2. The molecule has 12 heteroatoms. The molecule has 0 aliphatic carbocycles. The van der Waals surface area contributed by atoms with Crippen LogP contribution in [0.25, 0.3) is 0 Å². The first-order chi connectivity index (χ1) is 16.9. The number of nitrogens with one attached hydrogen (secondary N) is 3. The van der Waals surface area contributed by atoms with E-state index in [2.05, 4.69) is 16.0 Å². The Morgan fingerprint density at radius 3 is 2.00 bits per heavy atom. The molecule has 0 aliphatic heterocycles. The second kappa shape index (κ2) is 15.8. The number of carbonyl (C=O) groups excluding carboxylic acids is 4. The predicted molar refractivity (Wildman–Crippen MR) is 138 cm³/mol. The van der Waals surface area contributed by atoms with Gasteiger partial charge in [0.15, 0.2) is 0 Å². The number of primary amides is 1. The summed E-state index contributed by atoms with van der Waals surface area (Å²) in [6.45, 7) is 3.71. The summed E-state index contributed by atoms with van der Waals surface area (Å²) >= 11 is 1.41. The first kappa shape index (κ1) is 30.9. The maximum absolute atomic E-state index is 13.1. The average Bonchev–Trinajstić information content (AvgIpc) is 2.80. The van der Waals surface area contributed by atoms with Crippen molar-refractivity contribution in [1.29, 1.82) is 0 Å². The maximum atomic E-state index is 13.1. The number of carboxylic acids is 1. The topological polar surface area (TPSA) is 194 Å². The number of carbonyl (C=O) groups is 5. The molecule has 1 aromatic carbocycles. The number of benzene rings is 1. The molecule has 0 fully saturated rings. The Morgan fingerprint density at radius 1 is 0.917 bits per heavy atom. The van der Waals surface area contributed by atoms with Crippen LogP contribution in [-0.4, -0.2) is 70.9 Å². The Bertz CT molecular complexity index is 898. The molecule has 4 unspecified atom stereocenters. The van der Waals surface area contributed by atoms with Gasteiger partial charge >= 0.3 is 5.97 Å². The molecule has 0 bridgehead atoms. The summed E-state index contributed by atoms with van der Waals surface area (Å²) in [5, 5.41) is 16.8. The number of amides is 4. The van der Waals surface area contributed by atoms with Crippen LogP contribution in [0, 0.1) is 5.92 Å². The van der Waals surface area contributed by atoms with E-state index in [4.69, 9.17) is 11.5 Å². The van der Waals surface area contributed by atoms with E-state index >= 15 is 0 Å². The van der Waals surface area contributed by atoms with Crippen LogP contribution in [0.4, 0.5) is 0 Å². The molecule has 11 nitrogen and oxygen atoms in total. The van der Waals surface area contributed by atoms with Gasteiger partial charge in [0.05, 0.1) is 12.5 Å². The SMILES string of the molecule is CSCCC(NC(=O)C(CC(N)=O)NC(=O)C(CC(C)C)NC(=O)C(N)Cc1ccccc1)C(=O)O. The van der Waals surface area contributed by atoms with Crippen LogP contribution in [0.2, 0.25) is 0 Å². The molecular formula is C24H37N5O6S. The number of rotatable bonds is 16. The lowest BCUT2D eigenvalue weighted by atomic mass is 10.0. The zero-order valence-electron chi connectivity index (χ0n) is 20.9. The lowest BCUT2D eigenvalue weighted by Crippen LogP contribution is -2.58. The third kappa shape index (κ3) is 11.5. The molecule has 0 radical (unpaired) electrons. The lowest BCUT2D eigenvalue weighted by molar-refractivity contribution is -0.142. The highest BCUT2D eigenvalue weighted by molar-refractivity contribution is 7.98. The number of aliphatic carboxylic acids is 1. The van der Waals surface area contributed by atoms with Crippen LogP contribution in [0.3, 0.4) is 0 Å². The van der Waals surface area contributed by atoms with E-state index < -0.39 is 60.2 Å². The minimum Gasteiger partial charge on any atom is -0.480 e. The number of thioether (sulfide) groups is 1. The molecule has 200 valence electrons. The predicted octanol–water partition coefficient (Wildman–Crippen LogP) is -0.230. The molecule has 1 aromatic rings.